The molecule has 0 radical (unpaired) electrons. The molecule has 0 bridgehead atoms. The molecule has 1 atom stereocenters. The maximum absolute atomic E-state index is 12.5. The summed E-state index contributed by atoms with van der Waals surface area (Å²) in [6.07, 6.45) is 0. The summed E-state index contributed by atoms with van der Waals surface area (Å²) in [5.41, 5.74) is -0.0667. The molecule has 2 aromatic carbocycles. The maximum Gasteiger partial charge on any atom is 0.282 e. The van der Waals surface area contributed by atoms with Gasteiger partial charge in [-0.05, 0) is 30.7 Å². The van der Waals surface area contributed by atoms with E-state index in [1.54, 1.807) is 31.2 Å². The van der Waals surface area contributed by atoms with Crippen LogP contribution < -0.4 is 5.32 Å². The lowest BCUT2D eigenvalue weighted by molar-refractivity contribution is -0.385. The Bertz CT molecular complexity index is 975. The zero-order valence-electron chi connectivity index (χ0n) is 14.1. The SMILES string of the molecule is CC(NC(=O)CN1C(=O)c2cccc([N+](=O)[O-])c2C1=O)c1cccc(Cl)c1. The Balaban J connectivity index is 1.75. The molecule has 0 aliphatic carbocycles. The zero-order chi connectivity index (χ0) is 19.7. The number of fused-ring (bicyclic) bond motifs is 1. The number of carbonyl (C=O) groups excluding carboxylic acids is 3. The van der Waals surface area contributed by atoms with Crippen LogP contribution in [0.3, 0.4) is 0 Å². The van der Waals surface area contributed by atoms with Gasteiger partial charge in [0.15, 0.2) is 0 Å². The molecule has 0 aromatic heterocycles. The van der Waals surface area contributed by atoms with Crippen molar-refractivity contribution in [2.75, 3.05) is 6.54 Å². The molecule has 0 fully saturated rings. The fraction of sp³-hybridized carbons (Fsp3) is 0.167. The lowest BCUT2D eigenvalue weighted by Gasteiger charge is -2.18. The third kappa shape index (κ3) is 3.52. The summed E-state index contributed by atoms with van der Waals surface area (Å²) in [6, 6.07) is 10.3. The summed E-state index contributed by atoms with van der Waals surface area (Å²) in [5, 5.41) is 14.3. The second-order valence-corrected chi connectivity index (χ2v) is 6.43. The van der Waals surface area contributed by atoms with Gasteiger partial charge in [-0.15, -0.1) is 0 Å². The maximum atomic E-state index is 12.5. The van der Waals surface area contributed by atoms with Crippen LogP contribution in [0.4, 0.5) is 5.69 Å². The lowest BCUT2D eigenvalue weighted by Crippen LogP contribution is -2.41. The second-order valence-electron chi connectivity index (χ2n) is 6.00. The third-order valence-electron chi connectivity index (χ3n) is 4.20. The molecule has 1 heterocycles. The number of hydrogen-bond acceptors (Lipinski definition) is 5. The van der Waals surface area contributed by atoms with Gasteiger partial charge >= 0.3 is 0 Å². The molecular weight excluding hydrogens is 374 g/mol. The molecule has 3 amide bonds. The van der Waals surface area contributed by atoms with Crippen molar-refractivity contribution >= 4 is 35.0 Å². The monoisotopic (exact) mass is 387 g/mol. The van der Waals surface area contributed by atoms with Crippen molar-refractivity contribution in [2.24, 2.45) is 0 Å². The fourth-order valence-corrected chi connectivity index (χ4v) is 3.10. The number of carbonyl (C=O) groups is 3. The summed E-state index contributed by atoms with van der Waals surface area (Å²) in [4.78, 5) is 48.3. The number of nitro groups is 1. The Labute approximate surface area is 158 Å². The molecule has 1 unspecified atom stereocenters. The minimum atomic E-state index is -0.854. The van der Waals surface area contributed by atoms with Crippen molar-refractivity contribution in [3.05, 3.63) is 74.3 Å². The largest absolute Gasteiger partial charge is 0.348 e. The molecule has 9 heteroatoms. The first-order valence-corrected chi connectivity index (χ1v) is 8.36. The van der Waals surface area contributed by atoms with Gasteiger partial charge < -0.3 is 5.32 Å². The normalized spacial score (nSPS) is 14.1. The minimum absolute atomic E-state index is 0.0788. The van der Waals surface area contributed by atoms with Gasteiger partial charge in [0.1, 0.15) is 12.1 Å². The Hall–Kier alpha value is -3.26. The molecule has 1 N–H and O–H groups in total. The van der Waals surface area contributed by atoms with Crippen LogP contribution in [0, 0.1) is 10.1 Å². The van der Waals surface area contributed by atoms with Gasteiger partial charge in [0, 0.05) is 11.1 Å². The molecule has 1 aliphatic heterocycles. The highest BCUT2D eigenvalue weighted by Gasteiger charge is 2.41. The highest BCUT2D eigenvalue weighted by molar-refractivity contribution is 6.30. The highest BCUT2D eigenvalue weighted by Crippen LogP contribution is 2.30. The standard InChI is InChI=1S/C18H14ClN3O5/c1-10(11-4-2-5-12(19)8-11)20-15(23)9-21-17(24)13-6-3-7-14(22(26)27)16(13)18(21)25/h2-8,10H,9H2,1H3,(H,20,23). The number of rotatable bonds is 5. The topological polar surface area (TPSA) is 110 Å². The van der Waals surface area contributed by atoms with Gasteiger partial charge in [-0.3, -0.25) is 29.4 Å². The van der Waals surface area contributed by atoms with Crippen LogP contribution >= 0.6 is 11.6 Å². The summed E-state index contributed by atoms with van der Waals surface area (Å²) in [5.74, 6) is -2.16. The lowest BCUT2D eigenvalue weighted by atomic mass is 10.1. The van der Waals surface area contributed by atoms with E-state index in [2.05, 4.69) is 5.32 Å². The quantitative estimate of drug-likeness (QED) is 0.482. The van der Waals surface area contributed by atoms with Gasteiger partial charge in [0.2, 0.25) is 5.91 Å². The molecule has 27 heavy (non-hydrogen) atoms. The van der Waals surface area contributed by atoms with E-state index < -0.39 is 40.9 Å². The second kappa shape index (κ2) is 7.16. The van der Waals surface area contributed by atoms with E-state index in [1.165, 1.54) is 12.1 Å². The van der Waals surface area contributed by atoms with Crippen LogP contribution in [0.5, 0.6) is 0 Å². The molecule has 3 rings (SSSR count). The zero-order valence-corrected chi connectivity index (χ0v) is 14.9. The summed E-state index contributed by atoms with van der Waals surface area (Å²) < 4.78 is 0. The minimum Gasteiger partial charge on any atom is -0.348 e. The molecule has 8 nitrogen and oxygen atoms in total. The van der Waals surface area contributed by atoms with E-state index >= 15 is 0 Å². The number of amides is 3. The first-order chi connectivity index (χ1) is 12.8. The Morgan fingerprint density at radius 1 is 1.22 bits per heavy atom. The first kappa shape index (κ1) is 18.5. The van der Waals surface area contributed by atoms with E-state index in [4.69, 9.17) is 11.6 Å². The van der Waals surface area contributed by atoms with E-state index in [-0.39, 0.29) is 11.1 Å². The van der Waals surface area contributed by atoms with Crippen LogP contribution in [0.15, 0.2) is 42.5 Å². The fourth-order valence-electron chi connectivity index (χ4n) is 2.90. The van der Waals surface area contributed by atoms with E-state index in [0.29, 0.717) is 9.92 Å². The van der Waals surface area contributed by atoms with Crippen LogP contribution in [0.2, 0.25) is 5.02 Å². The van der Waals surface area contributed by atoms with Crippen LogP contribution in [0.1, 0.15) is 39.2 Å². The molecule has 0 spiro atoms. The van der Waals surface area contributed by atoms with Crippen molar-refractivity contribution < 1.29 is 19.3 Å². The summed E-state index contributed by atoms with van der Waals surface area (Å²) >= 11 is 5.93. The van der Waals surface area contributed by atoms with Gasteiger partial charge in [0.25, 0.3) is 17.5 Å². The number of halogens is 1. The molecule has 0 saturated carbocycles. The van der Waals surface area contributed by atoms with Crippen LogP contribution in [0.25, 0.3) is 0 Å². The molecule has 2 aromatic rings. The van der Waals surface area contributed by atoms with Gasteiger partial charge in [-0.1, -0.05) is 29.8 Å². The Morgan fingerprint density at radius 2 is 1.93 bits per heavy atom. The smallest absolute Gasteiger partial charge is 0.282 e. The third-order valence-corrected chi connectivity index (χ3v) is 4.44. The van der Waals surface area contributed by atoms with Crippen molar-refractivity contribution in [2.45, 2.75) is 13.0 Å². The average molecular weight is 388 g/mol. The predicted octanol–water partition coefficient (Wildman–Crippen LogP) is 2.72. The van der Waals surface area contributed by atoms with Crippen molar-refractivity contribution in [3.8, 4) is 0 Å². The van der Waals surface area contributed by atoms with Gasteiger partial charge in [-0.25, -0.2) is 0 Å². The highest BCUT2D eigenvalue weighted by atomic mass is 35.5. The predicted molar refractivity (Wildman–Crippen MR) is 96.5 cm³/mol. The van der Waals surface area contributed by atoms with Crippen molar-refractivity contribution in [1.82, 2.24) is 10.2 Å². The number of nitrogens with one attached hydrogen (secondary N) is 1. The summed E-state index contributed by atoms with van der Waals surface area (Å²) in [7, 11) is 0. The van der Waals surface area contributed by atoms with Crippen molar-refractivity contribution in [1.29, 1.82) is 0 Å². The average Bonchev–Trinajstić information content (AvgIpc) is 2.86. The molecule has 1 aliphatic rings. The molecule has 0 saturated heterocycles. The number of imide groups is 1. The number of benzene rings is 2. The van der Waals surface area contributed by atoms with Gasteiger partial charge in [0.05, 0.1) is 16.5 Å². The van der Waals surface area contributed by atoms with Crippen molar-refractivity contribution in [3.63, 3.8) is 0 Å². The summed E-state index contributed by atoms with van der Waals surface area (Å²) in [6.45, 7) is 1.20. The molecule has 138 valence electrons. The molecular formula is C18H14ClN3O5. The van der Waals surface area contributed by atoms with E-state index in [1.807, 2.05) is 0 Å². The first-order valence-electron chi connectivity index (χ1n) is 7.98. The van der Waals surface area contributed by atoms with Crippen LogP contribution in [-0.4, -0.2) is 34.1 Å². The van der Waals surface area contributed by atoms with Crippen LogP contribution in [-0.2, 0) is 4.79 Å². The Kier molecular flexibility index (Phi) is 4.91. The Morgan fingerprint density at radius 3 is 2.59 bits per heavy atom. The van der Waals surface area contributed by atoms with E-state index in [9.17, 15) is 24.5 Å². The number of nitrogens with zero attached hydrogens (tertiary/aromatic N) is 2. The number of nitro benzene ring substituents is 1. The van der Waals surface area contributed by atoms with E-state index in [0.717, 1.165) is 11.6 Å². The van der Waals surface area contributed by atoms with Gasteiger partial charge in [-0.2, -0.15) is 0 Å². The number of hydrogen-bond donors (Lipinski definition) is 1.